The number of aromatic nitrogens is 1. The summed E-state index contributed by atoms with van der Waals surface area (Å²) in [5, 5.41) is 12.1. The molecule has 0 aliphatic carbocycles. The molecule has 29 heavy (non-hydrogen) atoms. The van der Waals surface area contributed by atoms with Crippen molar-refractivity contribution < 1.29 is 14.6 Å². The Kier molecular flexibility index (Phi) is 5.06. The van der Waals surface area contributed by atoms with Gasteiger partial charge >= 0.3 is 0 Å². The molecular formula is C24H22N2O3. The van der Waals surface area contributed by atoms with E-state index in [0.717, 1.165) is 22.2 Å². The number of carbonyl (C=O) groups excluding carboxylic acids is 1. The highest BCUT2D eigenvalue weighted by Gasteiger charge is 2.20. The van der Waals surface area contributed by atoms with Gasteiger partial charge in [-0.1, -0.05) is 42.5 Å². The molecule has 0 bridgehead atoms. The monoisotopic (exact) mass is 386 g/mol. The molecule has 0 saturated carbocycles. The highest BCUT2D eigenvalue weighted by Crippen LogP contribution is 2.38. The zero-order valence-electron chi connectivity index (χ0n) is 16.0. The van der Waals surface area contributed by atoms with Gasteiger partial charge in [0, 0.05) is 17.5 Å². The summed E-state index contributed by atoms with van der Waals surface area (Å²) in [5.74, 6) is -0.419. The number of phenolic OH excluding ortho intramolecular Hbond substituents is 1. The summed E-state index contributed by atoms with van der Waals surface area (Å²) in [4.78, 5) is 12.1. The van der Waals surface area contributed by atoms with Crippen LogP contribution in [0.15, 0.2) is 73.3 Å². The lowest BCUT2D eigenvalue weighted by molar-refractivity contribution is 0.100. The molecular weight excluding hydrogens is 364 g/mol. The van der Waals surface area contributed by atoms with Crippen molar-refractivity contribution in [2.75, 3.05) is 6.61 Å². The standard InChI is InChI=1S/C24H22N2O3/c1-2-11-29-15-17-12-20-23(21(27)13-17)22-18(24(25)28)9-6-10-19(22)26(20)14-16-7-4-3-5-8-16/h2-10,12-13,27H,1,11,14-15H2,(H2,25,28). The van der Waals surface area contributed by atoms with Gasteiger partial charge in [-0.3, -0.25) is 4.79 Å². The number of fused-ring (bicyclic) bond motifs is 3. The van der Waals surface area contributed by atoms with Crippen molar-refractivity contribution in [2.45, 2.75) is 13.2 Å². The Morgan fingerprint density at radius 1 is 1.03 bits per heavy atom. The third-order valence-corrected chi connectivity index (χ3v) is 4.98. The minimum Gasteiger partial charge on any atom is -0.507 e. The maximum Gasteiger partial charge on any atom is 0.249 e. The van der Waals surface area contributed by atoms with Crippen LogP contribution >= 0.6 is 0 Å². The van der Waals surface area contributed by atoms with E-state index in [-0.39, 0.29) is 5.75 Å². The largest absolute Gasteiger partial charge is 0.507 e. The normalized spacial score (nSPS) is 11.2. The van der Waals surface area contributed by atoms with E-state index in [0.29, 0.717) is 36.1 Å². The smallest absolute Gasteiger partial charge is 0.249 e. The lowest BCUT2D eigenvalue weighted by atomic mass is 10.0. The zero-order valence-corrected chi connectivity index (χ0v) is 16.0. The van der Waals surface area contributed by atoms with E-state index in [1.54, 1.807) is 18.2 Å². The second-order valence-corrected chi connectivity index (χ2v) is 6.95. The molecule has 0 spiro atoms. The van der Waals surface area contributed by atoms with Crippen molar-refractivity contribution in [1.82, 2.24) is 4.57 Å². The molecule has 0 unspecified atom stereocenters. The van der Waals surface area contributed by atoms with Gasteiger partial charge in [0.25, 0.3) is 0 Å². The fourth-order valence-corrected chi connectivity index (χ4v) is 3.78. The van der Waals surface area contributed by atoms with Crippen LogP contribution in [0.1, 0.15) is 21.5 Å². The SMILES string of the molecule is C=CCOCc1cc(O)c2c3c(C(N)=O)cccc3n(Cc3ccccc3)c2c1. The van der Waals surface area contributed by atoms with Gasteiger partial charge in [-0.05, 0) is 35.4 Å². The van der Waals surface area contributed by atoms with Crippen molar-refractivity contribution >= 4 is 27.7 Å². The number of aromatic hydroxyl groups is 1. The van der Waals surface area contributed by atoms with Gasteiger partial charge in [-0.25, -0.2) is 0 Å². The maximum atomic E-state index is 12.1. The number of nitrogens with zero attached hydrogens (tertiary/aromatic N) is 1. The number of nitrogens with two attached hydrogens (primary N) is 1. The average Bonchev–Trinajstić information content (AvgIpc) is 3.03. The average molecular weight is 386 g/mol. The van der Waals surface area contributed by atoms with E-state index < -0.39 is 5.91 Å². The molecule has 0 atom stereocenters. The molecule has 146 valence electrons. The molecule has 1 amide bonds. The van der Waals surface area contributed by atoms with Gasteiger partial charge in [-0.2, -0.15) is 0 Å². The van der Waals surface area contributed by atoms with Gasteiger partial charge in [0.15, 0.2) is 0 Å². The Labute approximate surface area is 168 Å². The third kappa shape index (κ3) is 3.48. The molecule has 5 nitrogen and oxygen atoms in total. The molecule has 0 aliphatic heterocycles. The van der Waals surface area contributed by atoms with Gasteiger partial charge in [0.2, 0.25) is 5.91 Å². The number of hydrogen-bond acceptors (Lipinski definition) is 3. The van der Waals surface area contributed by atoms with Crippen LogP contribution in [0.25, 0.3) is 21.8 Å². The minimum atomic E-state index is -0.521. The highest BCUT2D eigenvalue weighted by molar-refractivity contribution is 6.19. The second kappa shape index (κ2) is 7.81. The Morgan fingerprint density at radius 3 is 2.55 bits per heavy atom. The van der Waals surface area contributed by atoms with E-state index in [9.17, 15) is 9.90 Å². The molecule has 4 rings (SSSR count). The molecule has 3 aromatic carbocycles. The van der Waals surface area contributed by atoms with Gasteiger partial charge in [0.05, 0.1) is 29.6 Å². The molecule has 0 saturated heterocycles. The van der Waals surface area contributed by atoms with Crippen LogP contribution in [0.5, 0.6) is 5.75 Å². The zero-order chi connectivity index (χ0) is 20.4. The van der Waals surface area contributed by atoms with E-state index in [1.807, 2.05) is 48.5 Å². The summed E-state index contributed by atoms with van der Waals surface area (Å²) in [6.45, 7) is 5.03. The van der Waals surface area contributed by atoms with E-state index in [2.05, 4.69) is 11.1 Å². The summed E-state index contributed by atoms with van der Waals surface area (Å²) in [7, 11) is 0. The molecule has 0 radical (unpaired) electrons. The van der Waals surface area contributed by atoms with Crippen LogP contribution in [0, 0.1) is 0 Å². The summed E-state index contributed by atoms with van der Waals surface area (Å²) < 4.78 is 7.65. The highest BCUT2D eigenvalue weighted by atomic mass is 16.5. The predicted octanol–water partition coefficient (Wildman–Crippen LogP) is 4.35. The summed E-state index contributed by atoms with van der Waals surface area (Å²) >= 11 is 0. The van der Waals surface area contributed by atoms with Crippen molar-refractivity contribution in [3.63, 3.8) is 0 Å². The number of hydrogen-bond donors (Lipinski definition) is 2. The van der Waals surface area contributed by atoms with Crippen molar-refractivity contribution in [1.29, 1.82) is 0 Å². The van der Waals surface area contributed by atoms with Crippen LogP contribution in [0.2, 0.25) is 0 Å². The molecule has 4 aromatic rings. The quantitative estimate of drug-likeness (QED) is 0.366. The first-order valence-electron chi connectivity index (χ1n) is 9.39. The van der Waals surface area contributed by atoms with Crippen LogP contribution in [-0.4, -0.2) is 22.2 Å². The first-order chi connectivity index (χ1) is 14.1. The number of ether oxygens (including phenoxy) is 1. The Hall–Kier alpha value is -3.57. The summed E-state index contributed by atoms with van der Waals surface area (Å²) in [6, 6.07) is 19.2. The third-order valence-electron chi connectivity index (χ3n) is 4.98. The Balaban J connectivity index is 1.99. The lowest BCUT2D eigenvalue weighted by Gasteiger charge is -2.10. The topological polar surface area (TPSA) is 77.5 Å². The van der Waals surface area contributed by atoms with Crippen molar-refractivity contribution in [3.05, 3.63) is 90.0 Å². The first-order valence-corrected chi connectivity index (χ1v) is 9.39. The van der Waals surface area contributed by atoms with Gasteiger partial charge in [0.1, 0.15) is 5.75 Å². The molecule has 1 aromatic heterocycles. The van der Waals surface area contributed by atoms with Crippen LogP contribution in [0.3, 0.4) is 0 Å². The van der Waals surface area contributed by atoms with E-state index in [4.69, 9.17) is 10.5 Å². The van der Waals surface area contributed by atoms with Crippen molar-refractivity contribution in [3.8, 4) is 5.75 Å². The Bertz CT molecular complexity index is 1210. The molecule has 0 aliphatic rings. The minimum absolute atomic E-state index is 0.102. The van der Waals surface area contributed by atoms with Crippen molar-refractivity contribution in [2.24, 2.45) is 5.73 Å². The van der Waals surface area contributed by atoms with E-state index in [1.165, 1.54) is 0 Å². The molecule has 5 heteroatoms. The van der Waals surface area contributed by atoms with E-state index >= 15 is 0 Å². The number of amides is 1. The number of carbonyl (C=O) groups is 1. The number of phenols is 1. The second-order valence-electron chi connectivity index (χ2n) is 6.95. The first kappa shape index (κ1) is 18.8. The summed E-state index contributed by atoms with van der Waals surface area (Å²) in [6.07, 6.45) is 1.68. The lowest BCUT2D eigenvalue weighted by Crippen LogP contribution is -2.11. The molecule has 3 N–H and O–H groups in total. The van der Waals surface area contributed by atoms with Gasteiger partial charge < -0.3 is 20.1 Å². The fraction of sp³-hybridized carbons (Fsp3) is 0.125. The predicted molar refractivity (Wildman–Crippen MR) is 115 cm³/mol. The number of rotatable bonds is 7. The number of primary amides is 1. The van der Waals surface area contributed by atoms with Crippen LogP contribution in [0.4, 0.5) is 0 Å². The maximum absolute atomic E-state index is 12.1. The fourth-order valence-electron chi connectivity index (χ4n) is 3.78. The van der Waals surface area contributed by atoms with Crippen LogP contribution < -0.4 is 5.73 Å². The molecule has 0 fully saturated rings. The van der Waals surface area contributed by atoms with Crippen LogP contribution in [-0.2, 0) is 17.9 Å². The molecule has 1 heterocycles. The summed E-state index contributed by atoms with van der Waals surface area (Å²) in [5.41, 5.74) is 9.66. The van der Waals surface area contributed by atoms with Gasteiger partial charge in [-0.15, -0.1) is 6.58 Å². The number of benzene rings is 3. The Morgan fingerprint density at radius 2 is 1.83 bits per heavy atom.